The van der Waals surface area contributed by atoms with Gasteiger partial charge in [-0.15, -0.1) is 0 Å². The quantitative estimate of drug-likeness (QED) is 0.684. The lowest BCUT2D eigenvalue weighted by Gasteiger charge is -2.45. The molecule has 0 aromatic heterocycles. The van der Waals surface area contributed by atoms with Gasteiger partial charge in [-0.25, -0.2) is 0 Å². The molecule has 2 saturated heterocycles. The molecule has 0 aromatic rings. The summed E-state index contributed by atoms with van der Waals surface area (Å²) >= 11 is 0. The van der Waals surface area contributed by atoms with Crippen molar-refractivity contribution in [3.63, 3.8) is 0 Å². The van der Waals surface area contributed by atoms with Gasteiger partial charge < -0.3 is 4.90 Å². The summed E-state index contributed by atoms with van der Waals surface area (Å²) in [5.74, 6) is 0.313. The Morgan fingerprint density at radius 1 is 1.20 bits per heavy atom. The molecule has 0 aromatic carbocycles. The van der Waals surface area contributed by atoms with Gasteiger partial charge in [0.15, 0.2) is 0 Å². The van der Waals surface area contributed by atoms with Crippen molar-refractivity contribution in [3.8, 4) is 6.07 Å². The summed E-state index contributed by atoms with van der Waals surface area (Å²) in [6.07, 6.45) is 2.58. The van der Waals surface area contributed by atoms with E-state index in [0.717, 1.165) is 19.1 Å². The molecule has 3 heteroatoms. The average Bonchev–Trinajstić information content (AvgIpc) is 2.17. The van der Waals surface area contributed by atoms with E-state index in [-0.39, 0.29) is 0 Å². The zero-order valence-electron chi connectivity index (χ0n) is 9.82. The van der Waals surface area contributed by atoms with Crippen molar-refractivity contribution in [1.82, 2.24) is 9.80 Å². The molecule has 15 heavy (non-hydrogen) atoms. The highest BCUT2D eigenvalue weighted by atomic mass is 15.2. The zero-order chi connectivity index (χ0) is 10.8. The molecule has 0 saturated carbocycles. The molecule has 0 N–H and O–H groups in total. The largest absolute Gasteiger partial charge is 0.301 e. The van der Waals surface area contributed by atoms with Crippen LogP contribution in [-0.4, -0.2) is 48.1 Å². The lowest BCUT2D eigenvalue weighted by molar-refractivity contribution is 0.0322. The average molecular weight is 207 g/mol. The van der Waals surface area contributed by atoms with Crippen molar-refractivity contribution >= 4 is 0 Å². The maximum atomic E-state index is 8.73. The summed E-state index contributed by atoms with van der Waals surface area (Å²) in [4.78, 5) is 5.05. The first-order chi connectivity index (χ1) is 7.20. The highest BCUT2D eigenvalue weighted by molar-refractivity contribution is 4.98. The van der Waals surface area contributed by atoms with E-state index in [1.54, 1.807) is 0 Å². The Labute approximate surface area is 92.7 Å². The van der Waals surface area contributed by atoms with E-state index in [1.165, 1.54) is 25.9 Å². The molecule has 2 aliphatic heterocycles. The summed E-state index contributed by atoms with van der Waals surface area (Å²) in [7, 11) is 0. The first-order valence-corrected chi connectivity index (χ1v) is 6.08. The Balaban J connectivity index is 1.73. The van der Waals surface area contributed by atoms with Crippen molar-refractivity contribution in [2.45, 2.75) is 38.8 Å². The summed E-state index contributed by atoms with van der Waals surface area (Å²) in [6, 6.07) is 3.79. The van der Waals surface area contributed by atoms with Gasteiger partial charge in [-0.2, -0.15) is 5.26 Å². The Morgan fingerprint density at radius 3 is 2.27 bits per heavy atom. The van der Waals surface area contributed by atoms with E-state index in [0.29, 0.717) is 12.0 Å². The highest BCUT2D eigenvalue weighted by Gasteiger charge is 2.34. The van der Waals surface area contributed by atoms with Crippen LogP contribution in [0.1, 0.15) is 26.7 Å². The van der Waals surface area contributed by atoms with Crippen LogP contribution in [0.15, 0.2) is 0 Å². The minimum atomic E-state index is 0.313. The van der Waals surface area contributed by atoms with Crippen LogP contribution in [0.2, 0.25) is 0 Å². The van der Waals surface area contributed by atoms with Gasteiger partial charge in [-0.05, 0) is 39.8 Å². The number of rotatable bonds is 2. The zero-order valence-corrected chi connectivity index (χ0v) is 9.82. The van der Waals surface area contributed by atoms with Crippen molar-refractivity contribution in [1.29, 1.82) is 5.26 Å². The molecule has 2 fully saturated rings. The monoisotopic (exact) mass is 207 g/mol. The van der Waals surface area contributed by atoms with Crippen LogP contribution in [0, 0.1) is 17.2 Å². The van der Waals surface area contributed by atoms with E-state index in [1.807, 2.05) is 0 Å². The van der Waals surface area contributed by atoms with E-state index < -0.39 is 0 Å². The van der Waals surface area contributed by atoms with Crippen LogP contribution >= 0.6 is 0 Å². The maximum absolute atomic E-state index is 8.73. The number of nitriles is 1. The lowest BCUT2D eigenvalue weighted by atomic mass is 9.94. The highest BCUT2D eigenvalue weighted by Crippen LogP contribution is 2.25. The van der Waals surface area contributed by atoms with Crippen LogP contribution < -0.4 is 0 Å². The second-order valence-corrected chi connectivity index (χ2v) is 5.14. The lowest BCUT2D eigenvalue weighted by Crippen LogP contribution is -2.55. The van der Waals surface area contributed by atoms with Gasteiger partial charge in [-0.1, -0.05) is 0 Å². The molecule has 2 rings (SSSR count). The Hall–Kier alpha value is -0.590. The fraction of sp³-hybridized carbons (Fsp3) is 0.917. The van der Waals surface area contributed by atoms with Crippen LogP contribution in [0.4, 0.5) is 0 Å². The Bertz CT molecular complexity index is 242. The Morgan fingerprint density at radius 2 is 1.80 bits per heavy atom. The van der Waals surface area contributed by atoms with Crippen molar-refractivity contribution in [2.75, 3.05) is 26.2 Å². The molecule has 84 valence electrons. The minimum Gasteiger partial charge on any atom is -0.301 e. The number of likely N-dealkylation sites (tertiary alicyclic amines) is 2. The summed E-state index contributed by atoms with van der Waals surface area (Å²) < 4.78 is 0. The fourth-order valence-electron chi connectivity index (χ4n) is 2.66. The van der Waals surface area contributed by atoms with E-state index in [2.05, 4.69) is 29.7 Å². The number of nitrogens with zero attached hydrogens (tertiary/aromatic N) is 3. The molecule has 0 spiro atoms. The summed E-state index contributed by atoms with van der Waals surface area (Å²) in [5.41, 5.74) is 0. The number of hydrogen-bond acceptors (Lipinski definition) is 3. The molecule has 2 aliphatic rings. The molecule has 0 radical (unpaired) electrons. The van der Waals surface area contributed by atoms with Gasteiger partial charge in [0, 0.05) is 25.2 Å². The van der Waals surface area contributed by atoms with Gasteiger partial charge in [0.1, 0.15) is 0 Å². The minimum absolute atomic E-state index is 0.313. The summed E-state index contributed by atoms with van der Waals surface area (Å²) in [6.45, 7) is 9.04. The van der Waals surface area contributed by atoms with Crippen LogP contribution in [0.25, 0.3) is 0 Å². The molecule has 0 aliphatic carbocycles. The second kappa shape index (κ2) is 4.51. The third-order valence-electron chi connectivity index (χ3n) is 3.84. The Kier molecular flexibility index (Phi) is 3.28. The predicted molar refractivity (Wildman–Crippen MR) is 60.4 cm³/mol. The van der Waals surface area contributed by atoms with Crippen LogP contribution in [-0.2, 0) is 0 Å². The van der Waals surface area contributed by atoms with Gasteiger partial charge in [0.2, 0.25) is 0 Å². The topological polar surface area (TPSA) is 30.3 Å². The fourth-order valence-corrected chi connectivity index (χ4v) is 2.66. The van der Waals surface area contributed by atoms with E-state index >= 15 is 0 Å². The molecule has 0 unspecified atom stereocenters. The van der Waals surface area contributed by atoms with Gasteiger partial charge in [0.05, 0.1) is 12.0 Å². The first kappa shape index (κ1) is 10.9. The smallest absolute Gasteiger partial charge is 0.0717 e. The maximum Gasteiger partial charge on any atom is 0.0717 e. The molecule has 0 amide bonds. The van der Waals surface area contributed by atoms with Gasteiger partial charge >= 0.3 is 0 Å². The molecule has 3 nitrogen and oxygen atoms in total. The molecular weight excluding hydrogens is 186 g/mol. The van der Waals surface area contributed by atoms with Crippen molar-refractivity contribution < 1.29 is 0 Å². The van der Waals surface area contributed by atoms with Gasteiger partial charge in [-0.3, -0.25) is 4.90 Å². The third-order valence-corrected chi connectivity index (χ3v) is 3.84. The third kappa shape index (κ3) is 2.32. The normalized spacial score (nSPS) is 26.5. The van der Waals surface area contributed by atoms with Crippen molar-refractivity contribution in [2.24, 2.45) is 5.92 Å². The predicted octanol–water partition coefficient (Wildman–Crippen LogP) is 1.31. The van der Waals surface area contributed by atoms with E-state index in [4.69, 9.17) is 5.26 Å². The van der Waals surface area contributed by atoms with Crippen LogP contribution in [0.5, 0.6) is 0 Å². The second-order valence-electron chi connectivity index (χ2n) is 5.14. The van der Waals surface area contributed by atoms with Crippen LogP contribution in [0.3, 0.4) is 0 Å². The summed E-state index contributed by atoms with van der Waals surface area (Å²) in [5, 5.41) is 8.73. The van der Waals surface area contributed by atoms with E-state index in [9.17, 15) is 0 Å². The molecular formula is C12H21N3. The first-order valence-electron chi connectivity index (χ1n) is 6.08. The van der Waals surface area contributed by atoms with Crippen molar-refractivity contribution in [3.05, 3.63) is 0 Å². The number of piperidine rings is 1. The van der Waals surface area contributed by atoms with Gasteiger partial charge in [0.25, 0.3) is 0 Å². The molecule has 0 atom stereocenters. The standard InChI is InChI=1S/C12H21N3/c1-10(2)14-5-3-12(4-6-14)15-8-11(7-13)9-15/h10-12H,3-6,8-9H2,1-2H3. The molecule has 2 heterocycles. The number of hydrogen-bond donors (Lipinski definition) is 0. The molecule has 0 bridgehead atoms. The SMILES string of the molecule is CC(C)N1CCC(N2CC(C#N)C2)CC1.